The molecule has 0 aromatic carbocycles. The smallest absolute Gasteiger partial charge is 0.330 e. The first-order valence-corrected chi connectivity index (χ1v) is 10.0. The summed E-state index contributed by atoms with van der Waals surface area (Å²) in [6.45, 7) is 0.692. The lowest BCUT2D eigenvalue weighted by atomic mass is 10.1. The van der Waals surface area contributed by atoms with Crippen molar-refractivity contribution in [3.05, 3.63) is 61.1 Å². The molecule has 1 aliphatic carbocycles. The van der Waals surface area contributed by atoms with Crippen LogP contribution in [0, 0.1) is 0 Å². The second-order valence-corrected chi connectivity index (χ2v) is 8.11. The zero-order chi connectivity index (χ0) is 18.5. The number of carbonyl (C=O) groups is 1. The molecule has 0 radical (unpaired) electrons. The quantitative estimate of drug-likeness (QED) is 0.754. The summed E-state index contributed by atoms with van der Waals surface area (Å²) in [6, 6.07) is 5.79. The molecular weight excluding hydrogens is 364 g/mol. The Morgan fingerprint density at radius 1 is 1.26 bits per heavy atom. The maximum Gasteiger partial charge on any atom is 0.330 e. The van der Waals surface area contributed by atoms with Crippen LogP contribution in [0.4, 0.5) is 0 Å². The van der Waals surface area contributed by atoms with E-state index in [1.165, 1.54) is 15.6 Å². The van der Waals surface area contributed by atoms with Gasteiger partial charge in [0.25, 0.3) is 11.5 Å². The van der Waals surface area contributed by atoms with E-state index in [0.717, 1.165) is 25.7 Å². The number of fused-ring (bicyclic) bond motifs is 1. The highest BCUT2D eigenvalue weighted by Gasteiger charge is 2.32. The Morgan fingerprint density at radius 2 is 2.11 bits per heavy atom. The molecule has 1 atom stereocenters. The van der Waals surface area contributed by atoms with Crippen LogP contribution in [0.25, 0.3) is 11.0 Å². The lowest BCUT2D eigenvalue weighted by molar-refractivity contribution is 0.0737. The van der Waals surface area contributed by atoms with Gasteiger partial charge in [0.05, 0.1) is 17.0 Å². The summed E-state index contributed by atoms with van der Waals surface area (Å²) in [4.78, 5) is 47.3. The van der Waals surface area contributed by atoms with E-state index in [9.17, 15) is 14.4 Å². The van der Waals surface area contributed by atoms with E-state index in [0.29, 0.717) is 23.1 Å². The largest absolute Gasteiger partial charge is 0.331 e. The number of hydrogen-bond acceptors (Lipinski definition) is 5. The van der Waals surface area contributed by atoms with Crippen LogP contribution in [0.15, 0.2) is 39.4 Å². The lowest BCUT2D eigenvalue weighted by Gasteiger charge is -2.24. The summed E-state index contributed by atoms with van der Waals surface area (Å²) in [5.74, 6) is -0.121. The van der Waals surface area contributed by atoms with Gasteiger partial charge in [-0.15, -0.1) is 11.3 Å². The highest BCUT2D eigenvalue weighted by molar-refractivity contribution is 7.10. The standard InChI is InChI=1S/C19H18N4O3S/c24-17-13-9-11(10-20-16(13)23(12-5-6-12)19(26)21-17)18(25)22-7-1-3-14(22)15-4-2-8-27-15/h2,4,8-10,12,14H,1,3,5-7H2,(H,21,24,26)/t14-/m0/s1. The number of pyridine rings is 1. The predicted octanol–water partition coefficient (Wildman–Crippen LogP) is 2.46. The number of aromatic amines is 1. The summed E-state index contributed by atoms with van der Waals surface area (Å²) in [6.07, 6.45) is 5.19. The molecule has 2 fully saturated rings. The van der Waals surface area contributed by atoms with E-state index in [4.69, 9.17) is 0 Å². The second kappa shape index (κ2) is 6.16. The van der Waals surface area contributed by atoms with Crippen LogP contribution in [-0.4, -0.2) is 31.9 Å². The normalized spacial score (nSPS) is 19.7. The molecule has 4 heterocycles. The summed E-state index contributed by atoms with van der Waals surface area (Å²) in [5, 5.41) is 2.31. The fraction of sp³-hybridized carbons (Fsp3) is 0.368. The number of nitrogens with one attached hydrogen (secondary N) is 1. The molecule has 0 spiro atoms. The van der Waals surface area contributed by atoms with Gasteiger partial charge in [0.15, 0.2) is 0 Å². The Bertz CT molecular complexity index is 1140. The monoisotopic (exact) mass is 382 g/mol. The van der Waals surface area contributed by atoms with Gasteiger partial charge in [-0.05, 0) is 43.2 Å². The molecule has 8 heteroatoms. The van der Waals surface area contributed by atoms with Gasteiger partial charge in [-0.25, -0.2) is 9.78 Å². The van der Waals surface area contributed by atoms with Crippen molar-refractivity contribution in [1.29, 1.82) is 0 Å². The number of nitrogens with zero attached hydrogens (tertiary/aromatic N) is 3. The number of aromatic nitrogens is 3. The third kappa shape index (κ3) is 2.71. The molecule has 1 N–H and O–H groups in total. The molecule has 1 aliphatic heterocycles. The van der Waals surface area contributed by atoms with Gasteiger partial charge in [-0.1, -0.05) is 6.07 Å². The first-order valence-electron chi connectivity index (χ1n) is 9.12. The molecule has 3 aromatic heterocycles. The van der Waals surface area contributed by atoms with Crippen molar-refractivity contribution in [2.45, 2.75) is 37.8 Å². The molecule has 0 bridgehead atoms. The van der Waals surface area contributed by atoms with Crippen LogP contribution in [0.2, 0.25) is 0 Å². The Balaban J connectivity index is 1.56. The van der Waals surface area contributed by atoms with Gasteiger partial charge in [-0.3, -0.25) is 19.1 Å². The molecule has 27 heavy (non-hydrogen) atoms. The van der Waals surface area contributed by atoms with E-state index < -0.39 is 11.2 Å². The first-order chi connectivity index (χ1) is 13.1. The van der Waals surface area contributed by atoms with Crippen molar-refractivity contribution in [1.82, 2.24) is 19.4 Å². The number of rotatable bonds is 3. The number of amides is 1. The summed E-state index contributed by atoms with van der Waals surface area (Å²) >= 11 is 1.65. The van der Waals surface area contributed by atoms with Crippen molar-refractivity contribution >= 4 is 28.3 Å². The van der Waals surface area contributed by atoms with E-state index >= 15 is 0 Å². The van der Waals surface area contributed by atoms with Gasteiger partial charge in [0, 0.05) is 23.7 Å². The third-order valence-corrected chi connectivity index (χ3v) is 6.30. The summed E-state index contributed by atoms with van der Waals surface area (Å²) in [5.41, 5.74) is -0.180. The Morgan fingerprint density at radius 3 is 2.85 bits per heavy atom. The van der Waals surface area contributed by atoms with Crippen LogP contribution < -0.4 is 11.2 Å². The van der Waals surface area contributed by atoms with Crippen LogP contribution in [0.1, 0.15) is 53.0 Å². The molecule has 2 aliphatic rings. The maximum absolute atomic E-state index is 13.1. The highest BCUT2D eigenvalue weighted by atomic mass is 32.1. The van der Waals surface area contributed by atoms with Crippen LogP contribution >= 0.6 is 11.3 Å². The summed E-state index contributed by atoms with van der Waals surface area (Å²) < 4.78 is 1.54. The third-order valence-electron chi connectivity index (χ3n) is 5.32. The van der Waals surface area contributed by atoms with Gasteiger partial charge in [-0.2, -0.15) is 0 Å². The number of thiophene rings is 1. The SMILES string of the molecule is O=C(c1cnc2c(c1)c(=O)[nH]c(=O)n2C1CC1)N1CCC[C@H]1c1cccs1. The first kappa shape index (κ1) is 16.4. The molecule has 138 valence electrons. The molecular formula is C19H18N4O3S. The second-order valence-electron chi connectivity index (χ2n) is 7.13. The maximum atomic E-state index is 13.1. The Kier molecular flexibility index (Phi) is 3.75. The number of likely N-dealkylation sites (tertiary alicyclic amines) is 1. The van der Waals surface area contributed by atoms with E-state index in [1.54, 1.807) is 17.4 Å². The van der Waals surface area contributed by atoms with Gasteiger partial charge in [0.2, 0.25) is 0 Å². The minimum Gasteiger partial charge on any atom is -0.331 e. The van der Waals surface area contributed by atoms with Crippen LogP contribution in [0.5, 0.6) is 0 Å². The number of carbonyl (C=O) groups excluding carboxylic acids is 1. The molecule has 1 saturated carbocycles. The van der Waals surface area contributed by atoms with E-state index in [2.05, 4.69) is 16.0 Å². The Hall–Kier alpha value is -2.74. The fourth-order valence-electron chi connectivity index (χ4n) is 3.88. The molecule has 7 nitrogen and oxygen atoms in total. The van der Waals surface area contributed by atoms with Crippen molar-refractivity contribution in [3.8, 4) is 0 Å². The molecule has 0 unspecified atom stereocenters. The van der Waals surface area contributed by atoms with E-state index in [1.807, 2.05) is 16.3 Å². The van der Waals surface area contributed by atoms with Gasteiger partial charge >= 0.3 is 5.69 Å². The summed E-state index contributed by atoms with van der Waals surface area (Å²) in [7, 11) is 0. The van der Waals surface area contributed by atoms with Gasteiger partial charge in [0.1, 0.15) is 5.65 Å². The topological polar surface area (TPSA) is 88.1 Å². The highest BCUT2D eigenvalue weighted by Crippen LogP contribution is 2.36. The average Bonchev–Trinajstić information content (AvgIpc) is 3.15. The van der Waals surface area contributed by atoms with Crippen molar-refractivity contribution in [3.63, 3.8) is 0 Å². The van der Waals surface area contributed by atoms with Crippen molar-refractivity contribution in [2.75, 3.05) is 6.54 Å². The zero-order valence-corrected chi connectivity index (χ0v) is 15.4. The molecule has 1 amide bonds. The van der Waals surface area contributed by atoms with Crippen molar-refractivity contribution in [2.24, 2.45) is 0 Å². The lowest BCUT2D eigenvalue weighted by Crippen LogP contribution is -2.32. The average molecular weight is 382 g/mol. The van der Waals surface area contributed by atoms with Gasteiger partial charge < -0.3 is 4.90 Å². The van der Waals surface area contributed by atoms with Crippen LogP contribution in [0.3, 0.4) is 0 Å². The minimum absolute atomic E-state index is 0.0758. The molecule has 3 aromatic rings. The predicted molar refractivity (Wildman–Crippen MR) is 102 cm³/mol. The minimum atomic E-state index is -0.495. The fourth-order valence-corrected chi connectivity index (χ4v) is 4.75. The molecule has 1 saturated heterocycles. The van der Waals surface area contributed by atoms with Crippen molar-refractivity contribution < 1.29 is 4.79 Å². The number of hydrogen-bond donors (Lipinski definition) is 1. The number of H-pyrrole nitrogens is 1. The van der Waals surface area contributed by atoms with Crippen LogP contribution in [-0.2, 0) is 0 Å². The zero-order valence-electron chi connectivity index (χ0n) is 14.6. The molecule has 5 rings (SSSR count). The van der Waals surface area contributed by atoms with E-state index in [-0.39, 0.29) is 18.0 Å². The Labute approximate surface area is 158 Å².